The van der Waals surface area contributed by atoms with Gasteiger partial charge in [0.2, 0.25) is 0 Å². The molecule has 0 aliphatic rings. The quantitative estimate of drug-likeness (QED) is 0.720. The Kier molecular flexibility index (Phi) is 3.25. The molecule has 1 aromatic rings. The number of phenolic OH excluding ortho intramolecular Hbond substituents is 1. The molecule has 15 heavy (non-hydrogen) atoms. The number of benzene rings is 1. The van der Waals surface area contributed by atoms with Crippen molar-refractivity contribution in [2.75, 3.05) is 0 Å². The molecule has 3 N–H and O–H groups in total. The molecule has 1 atom stereocenters. The van der Waals surface area contributed by atoms with Gasteiger partial charge in [-0.25, -0.2) is 13.6 Å². The number of carboxylic acid groups (broad SMARTS) is 1. The van der Waals surface area contributed by atoms with E-state index in [9.17, 15) is 18.7 Å². The van der Waals surface area contributed by atoms with Crippen LogP contribution in [0.3, 0.4) is 0 Å². The van der Waals surface area contributed by atoms with Crippen molar-refractivity contribution in [3.63, 3.8) is 0 Å². The Hall–Kier alpha value is -1.21. The predicted octanol–water partition coefficient (Wildman–Crippen LogP) is 1.55. The highest BCUT2D eigenvalue weighted by Gasteiger charge is 2.27. The highest BCUT2D eigenvalue weighted by Crippen LogP contribution is 2.35. The fourth-order valence-corrected chi connectivity index (χ4v) is 1.39. The monoisotopic (exact) mass is 282 g/mol. The molecule has 1 rings (SSSR count). The van der Waals surface area contributed by atoms with E-state index in [-0.39, 0.29) is 4.47 Å². The Balaban J connectivity index is 3.45. The number of aliphatic carboxylic acids is 1. The number of aliphatic hydroxyl groups excluding tert-OH is 1. The van der Waals surface area contributed by atoms with E-state index in [0.29, 0.717) is 6.07 Å². The Morgan fingerprint density at radius 1 is 1.47 bits per heavy atom. The van der Waals surface area contributed by atoms with Crippen LogP contribution in [-0.2, 0) is 4.79 Å². The summed E-state index contributed by atoms with van der Waals surface area (Å²) in [5.74, 6) is -5.59. The highest BCUT2D eigenvalue weighted by molar-refractivity contribution is 9.10. The summed E-state index contributed by atoms with van der Waals surface area (Å²) in [7, 11) is 0. The highest BCUT2D eigenvalue weighted by atomic mass is 79.9. The van der Waals surface area contributed by atoms with Crippen LogP contribution in [0.2, 0.25) is 0 Å². The number of hydrogen-bond acceptors (Lipinski definition) is 3. The van der Waals surface area contributed by atoms with Gasteiger partial charge < -0.3 is 15.3 Å². The minimum absolute atomic E-state index is 0.239. The van der Waals surface area contributed by atoms with E-state index in [1.54, 1.807) is 0 Å². The van der Waals surface area contributed by atoms with Gasteiger partial charge in [-0.3, -0.25) is 0 Å². The molecule has 1 aromatic carbocycles. The van der Waals surface area contributed by atoms with Crippen molar-refractivity contribution in [2.45, 2.75) is 6.10 Å². The fraction of sp³-hybridized carbons (Fsp3) is 0.125. The summed E-state index contributed by atoms with van der Waals surface area (Å²) in [6.45, 7) is 0. The molecule has 7 heteroatoms. The minimum atomic E-state index is -2.32. The Morgan fingerprint density at radius 3 is 2.47 bits per heavy atom. The second-order valence-electron chi connectivity index (χ2n) is 2.66. The van der Waals surface area contributed by atoms with E-state index in [1.165, 1.54) is 0 Å². The lowest BCUT2D eigenvalue weighted by atomic mass is 10.1. The Labute approximate surface area is 90.9 Å². The van der Waals surface area contributed by atoms with E-state index < -0.39 is 35.0 Å². The van der Waals surface area contributed by atoms with Crippen molar-refractivity contribution < 1.29 is 28.9 Å². The number of phenols is 1. The molecule has 0 saturated heterocycles. The van der Waals surface area contributed by atoms with Crippen LogP contribution in [0.15, 0.2) is 10.5 Å². The van der Waals surface area contributed by atoms with E-state index in [2.05, 4.69) is 15.9 Å². The van der Waals surface area contributed by atoms with Crippen molar-refractivity contribution in [3.05, 3.63) is 27.7 Å². The molecule has 0 spiro atoms. The lowest BCUT2D eigenvalue weighted by Crippen LogP contribution is -2.13. The van der Waals surface area contributed by atoms with Gasteiger partial charge in [-0.05, 0) is 22.0 Å². The zero-order valence-corrected chi connectivity index (χ0v) is 8.62. The van der Waals surface area contributed by atoms with Gasteiger partial charge >= 0.3 is 5.97 Å². The van der Waals surface area contributed by atoms with Crippen LogP contribution in [0.4, 0.5) is 8.78 Å². The zero-order valence-electron chi connectivity index (χ0n) is 7.04. The molecule has 82 valence electrons. The first kappa shape index (κ1) is 11.9. The predicted molar refractivity (Wildman–Crippen MR) is 48.3 cm³/mol. The van der Waals surface area contributed by atoms with Crippen LogP contribution in [-0.4, -0.2) is 21.3 Å². The first-order valence-electron chi connectivity index (χ1n) is 3.63. The van der Waals surface area contributed by atoms with Crippen molar-refractivity contribution in [1.29, 1.82) is 0 Å². The number of carbonyl (C=O) groups is 1. The van der Waals surface area contributed by atoms with Gasteiger partial charge in [-0.1, -0.05) is 0 Å². The van der Waals surface area contributed by atoms with Crippen LogP contribution in [0, 0.1) is 11.6 Å². The van der Waals surface area contributed by atoms with Crippen molar-refractivity contribution in [2.24, 2.45) is 0 Å². The molecule has 1 unspecified atom stereocenters. The van der Waals surface area contributed by atoms with Crippen LogP contribution >= 0.6 is 15.9 Å². The summed E-state index contributed by atoms with van der Waals surface area (Å²) in [6, 6.07) is 0.628. The van der Waals surface area contributed by atoms with Crippen LogP contribution in [0.1, 0.15) is 11.7 Å². The maximum absolute atomic E-state index is 13.1. The molecular formula is C8H5BrF2O4. The van der Waals surface area contributed by atoms with Gasteiger partial charge in [-0.15, -0.1) is 0 Å². The molecule has 0 saturated carbocycles. The maximum atomic E-state index is 13.1. The lowest BCUT2D eigenvalue weighted by Gasteiger charge is -2.11. The summed E-state index contributed by atoms with van der Waals surface area (Å²) in [4.78, 5) is 10.4. The topological polar surface area (TPSA) is 77.8 Å². The van der Waals surface area contributed by atoms with Gasteiger partial charge in [0.05, 0.1) is 10.0 Å². The number of rotatable bonds is 2. The summed E-state index contributed by atoms with van der Waals surface area (Å²) in [6.07, 6.45) is -2.32. The van der Waals surface area contributed by atoms with Gasteiger partial charge in [0.1, 0.15) is 5.75 Å². The molecule has 0 aliphatic heterocycles. The van der Waals surface area contributed by atoms with E-state index in [4.69, 9.17) is 10.2 Å². The van der Waals surface area contributed by atoms with Gasteiger partial charge in [0.15, 0.2) is 17.7 Å². The SMILES string of the molecule is O=C(O)C(O)c1c(O)c(Br)cc(F)c1F. The number of hydrogen-bond donors (Lipinski definition) is 3. The smallest absolute Gasteiger partial charge is 0.337 e. The normalized spacial score (nSPS) is 12.5. The maximum Gasteiger partial charge on any atom is 0.337 e. The first-order valence-corrected chi connectivity index (χ1v) is 4.42. The third-order valence-corrected chi connectivity index (χ3v) is 2.29. The van der Waals surface area contributed by atoms with Crippen LogP contribution in [0.5, 0.6) is 5.75 Å². The second-order valence-corrected chi connectivity index (χ2v) is 3.51. The average molecular weight is 283 g/mol. The van der Waals surface area contributed by atoms with Crippen LogP contribution in [0.25, 0.3) is 0 Å². The molecule has 0 fully saturated rings. The number of halogens is 3. The zero-order chi connectivity index (χ0) is 11.7. The molecule has 0 amide bonds. The second kappa shape index (κ2) is 4.11. The fourth-order valence-electron chi connectivity index (χ4n) is 0.977. The Morgan fingerprint density at radius 2 is 2.00 bits per heavy atom. The van der Waals surface area contributed by atoms with Gasteiger partial charge in [-0.2, -0.15) is 0 Å². The molecule has 0 bridgehead atoms. The third kappa shape index (κ3) is 2.07. The number of aliphatic hydroxyl groups is 1. The Bertz CT molecular complexity index is 395. The molecule has 0 aromatic heterocycles. The molecule has 0 radical (unpaired) electrons. The van der Waals surface area contributed by atoms with Crippen molar-refractivity contribution in [3.8, 4) is 5.75 Å². The standard InChI is InChI=1S/C8H5BrF2O4/c9-2-1-3(10)5(11)4(6(2)12)7(13)8(14)15/h1,7,12-13H,(H,14,15). The summed E-state index contributed by atoms with van der Waals surface area (Å²) in [5, 5.41) is 26.7. The van der Waals surface area contributed by atoms with E-state index in [0.717, 1.165) is 0 Å². The molecular weight excluding hydrogens is 278 g/mol. The largest absolute Gasteiger partial charge is 0.506 e. The molecule has 0 aliphatic carbocycles. The lowest BCUT2D eigenvalue weighted by molar-refractivity contribution is -0.147. The first-order chi connectivity index (χ1) is 6.86. The average Bonchev–Trinajstić information content (AvgIpc) is 2.15. The summed E-state index contributed by atoms with van der Waals surface area (Å²) >= 11 is 2.69. The minimum Gasteiger partial charge on any atom is -0.506 e. The summed E-state index contributed by atoms with van der Waals surface area (Å²) in [5.41, 5.74) is -1.01. The van der Waals surface area contributed by atoms with E-state index >= 15 is 0 Å². The molecule has 0 heterocycles. The number of aromatic hydroxyl groups is 1. The van der Waals surface area contributed by atoms with Crippen molar-refractivity contribution >= 4 is 21.9 Å². The van der Waals surface area contributed by atoms with Crippen molar-refractivity contribution in [1.82, 2.24) is 0 Å². The third-order valence-electron chi connectivity index (χ3n) is 1.69. The van der Waals surface area contributed by atoms with Crippen LogP contribution < -0.4 is 0 Å². The molecule has 4 nitrogen and oxygen atoms in total. The van der Waals surface area contributed by atoms with E-state index in [1.807, 2.05) is 0 Å². The summed E-state index contributed by atoms with van der Waals surface area (Å²) < 4.78 is 25.7. The van der Waals surface area contributed by atoms with Gasteiger partial charge in [0.25, 0.3) is 0 Å². The van der Waals surface area contributed by atoms with Gasteiger partial charge in [0, 0.05) is 0 Å². The number of carboxylic acids is 1.